The van der Waals surface area contributed by atoms with Crippen molar-refractivity contribution in [2.75, 3.05) is 0 Å². The number of aliphatic hydroxyl groups excluding tert-OH is 1. The Balaban J connectivity index is 3.27. The van der Waals surface area contributed by atoms with E-state index in [1.54, 1.807) is 0 Å². The van der Waals surface area contributed by atoms with Gasteiger partial charge in [-0.3, -0.25) is 0 Å². The Morgan fingerprint density at radius 1 is 1.50 bits per heavy atom. The minimum absolute atomic E-state index is 0.0600. The molecule has 0 aliphatic carbocycles. The van der Waals surface area contributed by atoms with Crippen LogP contribution in [0, 0.1) is 0 Å². The third-order valence-corrected chi connectivity index (χ3v) is 2.24. The zero-order valence-electron chi connectivity index (χ0n) is 7.04. The topological polar surface area (TPSA) is 53.4 Å². The van der Waals surface area contributed by atoms with Gasteiger partial charge in [0.15, 0.2) is 0 Å². The highest BCUT2D eigenvalue weighted by Crippen LogP contribution is 2.30. The SMILES string of the molecule is OCc1cc(CBr)nc(C(F)F)c1O. The van der Waals surface area contributed by atoms with Crippen molar-refractivity contribution in [2.24, 2.45) is 0 Å². The number of aromatic nitrogens is 1. The van der Waals surface area contributed by atoms with E-state index in [0.717, 1.165) is 0 Å². The van der Waals surface area contributed by atoms with Gasteiger partial charge in [-0.05, 0) is 6.07 Å². The summed E-state index contributed by atoms with van der Waals surface area (Å²) in [5.41, 5.74) is -0.280. The number of hydrogen-bond donors (Lipinski definition) is 2. The van der Waals surface area contributed by atoms with Crippen molar-refractivity contribution in [1.82, 2.24) is 4.98 Å². The van der Waals surface area contributed by atoms with Gasteiger partial charge in [-0.15, -0.1) is 0 Å². The molecule has 0 unspecified atom stereocenters. The molecule has 0 amide bonds. The van der Waals surface area contributed by atoms with Gasteiger partial charge in [-0.25, -0.2) is 13.8 Å². The van der Waals surface area contributed by atoms with Crippen molar-refractivity contribution in [3.05, 3.63) is 23.0 Å². The Kier molecular flexibility index (Phi) is 3.77. The molecule has 1 heterocycles. The summed E-state index contributed by atoms with van der Waals surface area (Å²) in [5, 5.41) is 18.3. The van der Waals surface area contributed by atoms with Gasteiger partial charge >= 0.3 is 0 Å². The van der Waals surface area contributed by atoms with Gasteiger partial charge in [0.1, 0.15) is 11.4 Å². The van der Waals surface area contributed by atoms with Crippen LogP contribution in [-0.2, 0) is 11.9 Å². The molecule has 78 valence electrons. The van der Waals surface area contributed by atoms with Crippen molar-refractivity contribution in [1.29, 1.82) is 0 Å². The van der Waals surface area contributed by atoms with E-state index in [0.29, 0.717) is 11.0 Å². The van der Waals surface area contributed by atoms with Crippen LogP contribution in [-0.4, -0.2) is 15.2 Å². The van der Waals surface area contributed by atoms with Crippen molar-refractivity contribution < 1.29 is 19.0 Å². The van der Waals surface area contributed by atoms with E-state index in [2.05, 4.69) is 20.9 Å². The third-order valence-electron chi connectivity index (χ3n) is 1.67. The van der Waals surface area contributed by atoms with Crippen molar-refractivity contribution >= 4 is 15.9 Å². The molecule has 0 aliphatic heterocycles. The monoisotopic (exact) mass is 267 g/mol. The summed E-state index contributed by atoms with van der Waals surface area (Å²) < 4.78 is 24.7. The molecule has 1 aromatic heterocycles. The summed E-state index contributed by atoms with van der Waals surface area (Å²) in [6.45, 7) is -0.492. The summed E-state index contributed by atoms with van der Waals surface area (Å²) in [6, 6.07) is 1.37. The third kappa shape index (κ3) is 2.19. The normalized spacial score (nSPS) is 10.9. The van der Waals surface area contributed by atoms with E-state index >= 15 is 0 Å². The maximum absolute atomic E-state index is 12.3. The van der Waals surface area contributed by atoms with Gasteiger partial charge < -0.3 is 10.2 Å². The Labute approximate surface area is 87.5 Å². The van der Waals surface area contributed by atoms with Crippen LogP contribution in [0.3, 0.4) is 0 Å². The van der Waals surface area contributed by atoms with Gasteiger partial charge in [0.05, 0.1) is 12.3 Å². The van der Waals surface area contributed by atoms with Crippen LogP contribution in [0.25, 0.3) is 0 Å². The van der Waals surface area contributed by atoms with Crippen LogP contribution in [0.2, 0.25) is 0 Å². The molecule has 0 bridgehead atoms. The van der Waals surface area contributed by atoms with Crippen molar-refractivity contribution in [2.45, 2.75) is 18.4 Å². The van der Waals surface area contributed by atoms with Crippen LogP contribution in [0.4, 0.5) is 8.78 Å². The van der Waals surface area contributed by atoms with Crippen molar-refractivity contribution in [3.8, 4) is 5.75 Å². The molecule has 0 aromatic carbocycles. The fourth-order valence-corrected chi connectivity index (χ4v) is 1.30. The highest BCUT2D eigenvalue weighted by molar-refractivity contribution is 9.08. The number of aromatic hydroxyl groups is 1. The van der Waals surface area contributed by atoms with E-state index in [4.69, 9.17) is 5.11 Å². The fourth-order valence-electron chi connectivity index (χ4n) is 1.02. The lowest BCUT2D eigenvalue weighted by Gasteiger charge is -2.08. The lowest BCUT2D eigenvalue weighted by atomic mass is 10.2. The van der Waals surface area contributed by atoms with Gasteiger partial charge in [0.2, 0.25) is 0 Å². The average molecular weight is 268 g/mol. The van der Waals surface area contributed by atoms with Gasteiger partial charge in [0.25, 0.3) is 6.43 Å². The number of alkyl halides is 3. The molecule has 0 atom stereocenters. The minimum atomic E-state index is -2.85. The lowest BCUT2D eigenvalue weighted by molar-refractivity contribution is 0.141. The molecule has 0 aliphatic rings. The maximum atomic E-state index is 12.3. The molecule has 14 heavy (non-hydrogen) atoms. The zero-order valence-corrected chi connectivity index (χ0v) is 8.63. The predicted octanol–water partition coefficient (Wildman–Crippen LogP) is 2.11. The van der Waals surface area contributed by atoms with Gasteiger partial charge in [0, 0.05) is 10.9 Å². The van der Waals surface area contributed by atoms with E-state index in [1.807, 2.05) is 0 Å². The molecule has 0 radical (unpaired) electrons. The molecule has 2 N–H and O–H groups in total. The lowest BCUT2D eigenvalue weighted by Crippen LogP contribution is -1.99. The molecular weight excluding hydrogens is 260 g/mol. The first-order chi connectivity index (χ1) is 6.60. The standard InChI is InChI=1S/C8H8BrF2NO2/c9-2-5-1-4(3-13)7(14)6(12-5)8(10)11/h1,8,13-14H,2-3H2. The summed E-state index contributed by atoms with van der Waals surface area (Å²) in [7, 11) is 0. The Morgan fingerprint density at radius 2 is 2.14 bits per heavy atom. The maximum Gasteiger partial charge on any atom is 0.284 e. The zero-order chi connectivity index (χ0) is 10.7. The van der Waals surface area contributed by atoms with Crippen LogP contribution in [0.1, 0.15) is 23.4 Å². The van der Waals surface area contributed by atoms with Gasteiger partial charge in [-0.1, -0.05) is 15.9 Å². The highest BCUT2D eigenvalue weighted by Gasteiger charge is 2.18. The predicted molar refractivity (Wildman–Crippen MR) is 49.4 cm³/mol. The van der Waals surface area contributed by atoms with E-state index in [9.17, 15) is 13.9 Å². The minimum Gasteiger partial charge on any atom is -0.505 e. The first kappa shape index (κ1) is 11.3. The summed E-state index contributed by atoms with van der Waals surface area (Å²) >= 11 is 3.06. The van der Waals surface area contributed by atoms with Crippen LogP contribution in [0.15, 0.2) is 6.07 Å². The summed E-state index contributed by atoms with van der Waals surface area (Å²) in [4.78, 5) is 3.54. The fraction of sp³-hybridized carbons (Fsp3) is 0.375. The molecule has 0 saturated heterocycles. The Hall–Kier alpha value is -0.750. The molecular formula is C8H8BrF2NO2. The van der Waals surface area contributed by atoms with Crippen LogP contribution < -0.4 is 0 Å². The quantitative estimate of drug-likeness (QED) is 0.825. The molecule has 1 aromatic rings. The van der Waals surface area contributed by atoms with Gasteiger partial charge in [-0.2, -0.15) is 0 Å². The number of aliphatic hydroxyl groups is 1. The highest BCUT2D eigenvalue weighted by atomic mass is 79.9. The number of hydrogen-bond acceptors (Lipinski definition) is 3. The molecule has 0 saturated carbocycles. The first-order valence-corrected chi connectivity index (χ1v) is 4.89. The van der Waals surface area contributed by atoms with E-state index in [-0.39, 0.29) is 5.56 Å². The molecule has 0 spiro atoms. The Bertz CT molecular complexity index is 333. The van der Waals surface area contributed by atoms with Crippen molar-refractivity contribution in [3.63, 3.8) is 0 Å². The van der Waals surface area contributed by atoms with E-state index in [1.165, 1.54) is 6.07 Å². The number of rotatable bonds is 3. The molecule has 1 rings (SSSR count). The number of halogens is 3. The molecule has 0 fully saturated rings. The van der Waals surface area contributed by atoms with E-state index < -0.39 is 24.5 Å². The second kappa shape index (κ2) is 4.65. The summed E-state index contributed by atoms with van der Waals surface area (Å²) in [5.74, 6) is -0.632. The number of nitrogens with zero attached hydrogens (tertiary/aromatic N) is 1. The summed E-state index contributed by atoms with van der Waals surface area (Å²) in [6.07, 6.45) is -2.85. The average Bonchev–Trinajstić information content (AvgIpc) is 2.17. The largest absolute Gasteiger partial charge is 0.505 e. The van der Waals surface area contributed by atoms with Crippen LogP contribution >= 0.6 is 15.9 Å². The number of pyridine rings is 1. The second-order valence-corrected chi connectivity index (χ2v) is 3.16. The second-order valence-electron chi connectivity index (χ2n) is 2.60. The van der Waals surface area contributed by atoms with Crippen LogP contribution in [0.5, 0.6) is 5.75 Å². The smallest absolute Gasteiger partial charge is 0.284 e. The molecule has 3 nitrogen and oxygen atoms in total. The molecule has 6 heteroatoms. The Morgan fingerprint density at radius 3 is 2.57 bits per heavy atom. The first-order valence-electron chi connectivity index (χ1n) is 3.76.